The first-order valence-corrected chi connectivity index (χ1v) is 6.03. The fraction of sp³-hybridized carbons (Fsp3) is 0.833. The number of imide groups is 1. The Morgan fingerprint density at radius 1 is 1.44 bits per heavy atom. The number of carbonyl (C=O) groups excluding carboxylic acids is 2. The van der Waals surface area contributed by atoms with E-state index in [9.17, 15) is 9.59 Å². The summed E-state index contributed by atoms with van der Waals surface area (Å²) in [5.41, 5.74) is 0.420. The molecule has 0 aromatic rings. The van der Waals surface area contributed by atoms with Crippen LogP contribution < -0.4 is 5.32 Å². The second-order valence-corrected chi connectivity index (χ2v) is 5.53. The zero-order chi connectivity index (χ0) is 11.9. The lowest BCUT2D eigenvalue weighted by Crippen LogP contribution is -2.39. The van der Waals surface area contributed by atoms with E-state index in [-0.39, 0.29) is 17.9 Å². The predicted molar refractivity (Wildman–Crippen MR) is 60.7 cm³/mol. The molecule has 4 nitrogen and oxygen atoms in total. The lowest BCUT2D eigenvalue weighted by atomic mass is 10.1. The van der Waals surface area contributed by atoms with E-state index in [1.54, 1.807) is 0 Å². The third kappa shape index (κ3) is 1.98. The summed E-state index contributed by atoms with van der Waals surface area (Å²) >= 11 is 0. The molecule has 0 radical (unpaired) electrons. The molecule has 1 aliphatic carbocycles. The number of hydrogen-bond acceptors (Lipinski definition) is 3. The first-order valence-electron chi connectivity index (χ1n) is 6.03. The van der Waals surface area contributed by atoms with Crippen LogP contribution in [0.1, 0.15) is 33.6 Å². The highest BCUT2D eigenvalue weighted by molar-refractivity contribution is 6.05. The summed E-state index contributed by atoms with van der Waals surface area (Å²) in [7, 11) is 0. The number of carbonyl (C=O) groups is 2. The Labute approximate surface area is 96.4 Å². The Morgan fingerprint density at radius 3 is 2.50 bits per heavy atom. The van der Waals surface area contributed by atoms with E-state index in [0.29, 0.717) is 24.3 Å². The molecule has 2 fully saturated rings. The van der Waals surface area contributed by atoms with Crippen LogP contribution in [-0.2, 0) is 9.59 Å². The van der Waals surface area contributed by atoms with Crippen molar-refractivity contribution in [3.05, 3.63) is 0 Å². The Hall–Kier alpha value is -0.900. The van der Waals surface area contributed by atoms with E-state index in [0.717, 1.165) is 6.54 Å². The zero-order valence-electron chi connectivity index (χ0n) is 10.2. The average Bonchev–Trinajstić information content (AvgIpc) is 2.71. The molecule has 90 valence electrons. The molecule has 2 atom stereocenters. The summed E-state index contributed by atoms with van der Waals surface area (Å²) < 4.78 is 0. The van der Waals surface area contributed by atoms with Crippen molar-refractivity contribution < 1.29 is 9.59 Å². The van der Waals surface area contributed by atoms with Crippen LogP contribution in [-0.4, -0.2) is 35.8 Å². The Kier molecular flexibility index (Phi) is 2.78. The largest absolute Gasteiger partial charge is 0.305 e. The van der Waals surface area contributed by atoms with Crippen molar-refractivity contribution in [1.82, 2.24) is 10.2 Å². The van der Waals surface area contributed by atoms with Crippen LogP contribution in [0.3, 0.4) is 0 Å². The van der Waals surface area contributed by atoms with E-state index in [1.165, 1.54) is 11.3 Å². The standard InChI is InChI=1S/C12H20N2O2/c1-4-14-10(15)5-9(11(14)16)13-7-8-6-12(8,2)3/h8-9,13H,4-7H2,1-3H3. The van der Waals surface area contributed by atoms with E-state index in [4.69, 9.17) is 0 Å². The van der Waals surface area contributed by atoms with Crippen molar-refractivity contribution >= 4 is 11.8 Å². The minimum absolute atomic E-state index is 0.0416. The molecule has 0 spiro atoms. The van der Waals surface area contributed by atoms with Crippen LogP contribution in [0.2, 0.25) is 0 Å². The normalized spacial score (nSPS) is 32.3. The van der Waals surface area contributed by atoms with Crippen molar-refractivity contribution in [2.24, 2.45) is 11.3 Å². The maximum absolute atomic E-state index is 11.8. The van der Waals surface area contributed by atoms with E-state index in [2.05, 4.69) is 19.2 Å². The van der Waals surface area contributed by atoms with Gasteiger partial charge in [0.25, 0.3) is 0 Å². The fourth-order valence-corrected chi connectivity index (χ4v) is 2.38. The summed E-state index contributed by atoms with van der Waals surface area (Å²) in [4.78, 5) is 24.6. The highest BCUT2D eigenvalue weighted by atomic mass is 16.2. The molecule has 1 heterocycles. The molecule has 2 rings (SSSR count). The van der Waals surface area contributed by atoms with Crippen molar-refractivity contribution in [3.8, 4) is 0 Å². The summed E-state index contributed by atoms with van der Waals surface area (Å²) in [5.74, 6) is 0.567. The highest BCUT2D eigenvalue weighted by Gasteiger charge is 2.46. The van der Waals surface area contributed by atoms with Crippen LogP contribution in [0.15, 0.2) is 0 Å². The first-order chi connectivity index (χ1) is 7.45. The highest BCUT2D eigenvalue weighted by Crippen LogP contribution is 2.51. The molecule has 1 saturated carbocycles. The van der Waals surface area contributed by atoms with Crippen molar-refractivity contribution in [2.45, 2.75) is 39.7 Å². The van der Waals surface area contributed by atoms with Gasteiger partial charge in [0.15, 0.2) is 0 Å². The van der Waals surface area contributed by atoms with E-state index < -0.39 is 0 Å². The summed E-state index contributed by atoms with van der Waals surface area (Å²) in [6, 6.07) is -0.274. The lowest BCUT2D eigenvalue weighted by molar-refractivity contribution is -0.138. The Bertz CT molecular complexity index is 325. The van der Waals surface area contributed by atoms with Crippen molar-refractivity contribution in [3.63, 3.8) is 0 Å². The third-order valence-electron chi connectivity index (χ3n) is 3.89. The second kappa shape index (κ2) is 3.84. The molecule has 1 saturated heterocycles. The average molecular weight is 224 g/mol. The second-order valence-electron chi connectivity index (χ2n) is 5.53. The van der Waals surface area contributed by atoms with Gasteiger partial charge < -0.3 is 5.32 Å². The molecular weight excluding hydrogens is 204 g/mol. The number of hydrogen-bond donors (Lipinski definition) is 1. The molecule has 4 heteroatoms. The summed E-state index contributed by atoms with van der Waals surface area (Å²) in [6.07, 6.45) is 1.55. The molecular formula is C12H20N2O2. The van der Waals surface area contributed by atoms with Gasteiger partial charge in [-0.1, -0.05) is 13.8 Å². The minimum Gasteiger partial charge on any atom is -0.305 e. The topological polar surface area (TPSA) is 49.4 Å². The molecule has 0 aromatic heterocycles. The van der Waals surface area contributed by atoms with Gasteiger partial charge in [-0.15, -0.1) is 0 Å². The smallest absolute Gasteiger partial charge is 0.246 e. The molecule has 0 aromatic carbocycles. The number of likely N-dealkylation sites (N-methyl/N-ethyl adjacent to an activating group) is 1. The van der Waals surface area contributed by atoms with Crippen LogP contribution in [0.25, 0.3) is 0 Å². The predicted octanol–water partition coefficient (Wildman–Crippen LogP) is 0.769. The maximum Gasteiger partial charge on any atom is 0.246 e. The number of likely N-dealkylation sites (tertiary alicyclic amines) is 1. The van der Waals surface area contributed by atoms with Gasteiger partial charge in [-0.25, -0.2) is 0 Å². The SMILES string of the molecule is CCN1C(=O)CC(NCC2CC2(C)C)C1=O. The van der Waals surface area contributed by atoms with Gasteiger partial charge in [-0.3, -0.25) is 14.5 Å². The van der Waals surface area contributed by atoms with Crippen LogP contribution in [0.4, 0.5) is 0 Å². The summed E-state index contributed by atoms with van der Waals surface area (Å²) in [6.45, 7) is 7.65. The first kappa shape index (κ1) is 11.6. The van der Waals surface area contributed by atoms with Crippen molar-refractivity contribution in [2.75, 3.05) is 13.1 Å². The number of nitrogens with one attached hydrogen (secondary N) is 1. The van der Waals surface area contributed by atoms with Gasteiger partial charge in [0.1, 0.15) is 0 Å². The Balaban J connectivity index is 1.83. The van der Waals surface area contributed by atoms with Gasteiger partial charge >= 0.3 is 0 Å². The number of rotatable bonds is 4. The molecule has 1 aliphatic heterocycles. The fourth-order valence-electron chi connectivity index (χ4n) is 2.38. The summed E-state index contributed by atoms with van der Waals surface area (Å²) in [5, 5.41) is 3.23. The van der Waals surface area contributed by atoms with E-state index in [1.807, 2.05) is 6.92 Å². The Morgan fingerprint density at radius 2 is 2.06 bits per heavy atom. The molecule has 16 heavy (non-hydrogen) atoms. The zero-order valence-corrected chi connectivity index (χ0v) is 10.2. The molecule has 0 bridgehead atoms. The molecule has 2 amide bonds. The van der Waals surface area contributed by atoms with Gasteiger partial charge in [-0.2, -0.15) is 0 Å². The molecule has 2 unspecified atom stereocenters. The van der Waals surface area contributed by atoms with Crippen molar-refractivity contribution in [1.29, 1.82) is 0 Å². The molecule has 2 aliphatic rings. The van der Waals surface area contributed by atoms with Crippen LogP contribution in [0.5, 0.6) is 0 Å². The van der Waals surface area contributed by atoms with Crippen LogP contribution in [0, 0.1) is 11.3 Å². The van der Waals surface area contributed by atoms with Gasteiger partial charge in [0.2, 0.25) is 11.8 Å². The number of amides is 2. The van der Waals surface area contributed by atoms with Gasteiger partial charge in [0, 0.05) is 6.54 Å². The quantitative estimate of drug-likeness (QED) is 0.718. The minimum atomic E-state index is -0.274. The van der Waals surface area contributed by atoms with Gasteiger partial charge in [0.05, 0.1) is 12.5 Å². The maximum atomic E-state index is 11.8. The third-order valence-corrected chi connectivity index (χ3v) is 3.89. The molecule has 1 N–H and O–H groups in total. The van der Waals surface area contributed by atoms with Crippen LogP contribution >= 0.6 is 0 Å². The monoisotopic (exact) mass is 224 g/mol. The number of nitrogens with zero attached hydrogens (tertiary/aromatic N) is 1. The van der Waals surface area contributed by atoms with Gasteiger partial charge in [-0.05, 0) is 31.2 Å². The van der Waals surface area contributed by atoms with E-state index >= 15 is 0 Å². The lowest BCUT2D eigenvalue weighted by Gasteiger charge is -2.13.